The molecule has 15 heavy (non-hydrogen) atoms. The molecule has 0 N–H and O–H groups in total. The SMILES string of the molecule is CCOP(=O)(C#CCCCCI)OCC. The normalized spacial score (nSPS) is 10.9. The van der Waals surface area contributed by atoms with Crippen LogP contribution in [0, 0.1) is 11.6 Å². The van der Waals surface area contributed by atoms with E-state index in [2.05, 4.69) is 34.2 Å². The van der Waals surface area contributed by atoms with Crippen LogP contribution >= 0.6 is 30.2 Å². The highest BCUT2D eigenvalue weighted by Crippen LogP contribution is 2.46. The van der Waals surface area contributed by atoms with Gasteiger partial charge >= 0.3 is 7.60 Å². The van der Waals surface area contributed by atoms with E-state index in [0.29, 0.717) is 13.2 Å². The summed E-state index contributed by atoms with van der Waals surface area (Å²) in [6.07, 6.45) is 2.93. The molecule has 0 aliphatic rings. The summed E-state index contributed by atoms with van der Waals surface area (Å²) in [4.78, 5) is 0. The van der Waals surface area contributed by atoms with E-state index < -0.39 is 7.60 Å². The lowest BCUT2D eigenvalue weighted by molar-refractivity contribution is 0.230. The summed E-state index contributed by atoms with van der Waals surface area (Å²) in [5, 5.41) is 0. The molecule has 0 atom stereocenters. The van der Waals surface area contributed by atoms with Crippen LogP contribution in [0.15, 0.2) is 0 Å². The third-order valence-corrected chi connectivity index (χ3v) is 3.89. The van der Waals surface area contributed by atoms with E-state index in [1.165, 1.54) is 0 Å². The number of hydrogen-bond donors (Lipinski definition) is 0. The van der Waals surface area contributed by atoms with Crippen molar-refractivity contribution in [3.63, 3.8) is 0 Å². The van der Waals surface area contributed by atoms with E-state index in [-0.39, 0.29) is 0 Å². The Labute approximate surface area is 106 Å². The molecule has 88 valence electrons. The highest BCUT2D eigenvalue weighted by Gasteiger charge is 2.19. The van der Waals surface area contributed by atoms with Gasteiger partial charge in [0.1, 0.15) is 0 Å². The number of halogens is 1. The maximum Gasteiger partial charge on any atom is 0.405 e. The number of rotatable bonds is 7. The fourth-order valence-corrected chi connectivity index (χ4v) is 2.63. The maximum atomic E-state index is 11.8. The zero-order valence-corrected chi connectivity index (χ0v) is 12.3. The summed E-state index contributed by atoms with van der Waals surface area (Å²) in [7, 11) is -3.13. The first-order chi connectivity index (χ1) is 7.18. The molecule has 0 spiro atoms. The van der Waals surface area contributed by atoms with Crippen LogP contribution in [0.3, 0.4) is 0 Å². The highest BCUT2D eigenvalue weighted by molar-refractivity contribution is 14.1. The molecule has 0 aliphatic heterocycles. The van der Waals surface area contributed by atoms with Crippen LogP contribution in [0.25, 0.3) is 0 Å². The molecule has 0 aromatic rings. The molecule has 0 bridgehead atoms. The van der Waals surface area contributed by atoms with Gasteiger partial charge in [-0.25, -0.2) is 4.57 Å². The van der Waals surface area contributed by atoms with Crippen molar-refractivity contribution in [1.82, 2.24) is 0 Å². The number of alkyl halides is 1. The van der Waals surface area contributed by atoms with Crippen LogP contribution in [-0.4, -0.2) is 17.6 Å². The predicted octanol–water partition coefficient (Wildman–Crippen LogP) is 3.82. The lowest BCUT2D eigenvalue weighted by Gasteiger charge is -2.09. The van der Waals surface area contributed by atoms with Crippen LogP contribution in [0.1, 0.15) is 33.1 Å². The van der Waals surface area contributed by atoms with Crippen molar-refractivity contribution in [1.29, 1.82) is 0 Å². The Morgan fingerprint density at radius 3 is 2.27 bits per heavy atom. The Morgan fingerprint density at radius 2 is 1.80 bits per heavy atom. The fraction of sp³-hybridized carbons (Fsp3) is 0.800. The molecule has 0 aromatic heterocycles. The first kappa shape index (κ1) is 15.4. The lowest BCUT2D eigenvalue weighted by atomic mass is 10.3. The van der Waals surface area contributed by atoms with E-state index in [1.54, 1.807) is 13.8 Å². The monoisotopic (exact) mass is 344 g/mol. The van der Waals surface area contributed by atoms with Gasteiger partial charge in [-0.2, -0.15) is 0 Å². The minimum Gasteiger partial charge on any atom is -0.300 e. The Kier molecular flexibility index (Phi) is 9.93. The average molecular weight is 344 g/mol. The standard InChI is InChI=1S/C10H18IO3P/c1-3-13-15(12,14-4-2)10-8-6-5-7-9-11/h3-7,9H2,1-2H3. The molecule has 0 saturated carbocycles. The third-order valence-electron chi connectivity index (χ3n) is 1.50. The van der Waals surface area contributed by atoms with E-state index in [9.17, 15) is 4.57 Å². The molecule has 5 heteroatoms. The second kappa shape index (κ2) is 9.65. The van der Waals surface area contributed by atoms with Crippen molar-refractivity contribution in [3.05, 3.63) is 0 Å². The van der Waals surface area contributed by atoms with Crippen LogP contribution < -0.4 is 0 Å². The summed E-state index contributed by atoms with van der Waals surface area (Å²) in [5.74, 6) is 2.86. The first-order valence-electron chi connectivity index (χ1n) is 5.13. The first-order valence-corrected chi connectivity index (χ1v) is 8.20. The molecule has 0 heterocycles. The van der Waals surface area contributed by atoms with Crippen molar-refractivity contribution in [3.8, 4) is 11.6 Å². The van der Waals surface area contributed by atoms with Gasteiger partial charge in [-0.15, -0.1) is 0 Å². The number of hydrogen-bond acceptors (Lipinski definition) is 3. The molecular weight excluding hydrogens is 326 g/mol. The minimum atomic E-state index is -3.13. The minimum absolute atomic E-state index is 0.361. The summed E-state index contributed by atoms with van der Waals surface area (Å²) in [6, 6.07) is 0. The van der Waals surface area contributed by atoms with Crippen LogP contribution in [-0.2, 0) is 13.6 Å². The van der Waals surface area contributed by atoms with E-state index in [0.717, 1.165) is 23.7 Å². The molecule has 0 unspecified atom stereocenters. The molecular formula is C10H18IO3P. The Balaban J connectivity index is 4.08. The van der Waals surface area contributed by atoms with E-state index >= 15 is 0 Å². The summed E-state index contributed by atoms with van der Waals surface area (Å²) < 4.78 is 23.0. The zero-order valence-electron chi connectivity index (χ0n) is 9.29. The van der Waals surface area contributed by atoms with E-state index in [4.69, 9.17) is 9.05 Å². The molecule has 0 aromatic carbocycles. The van der Waals surface area contributed by atoms with Gasteiger partial charge in [0.15, 0.2) is 0 Å². The van der Waals surface area contributed by atoms with Crippen molar-refractivity contribution >= 4 is 30.2 Å². The van der Waals surface area contributed by atoms with Gasteiger partial charge in [-0.3, -0.25) is 9.05 Å². The molecule has 0 fully saturated rings. The number of unbranched alkanes of at least 4 members (excludes halogenated alkanes) is 2. The molecule has 0 saturated heterocycles. The van der Waals surface area contributed by atoms with Gasteiger partial charge in [0.2, 0.25) is 0 Å². The van der Waals surface area contributed by atoms with Crippen molar-refractivity contribution in [2.45, 2.75) is 33.1 Å². The van der Waals surface area contributed by atoms with E-state index in [1.807, 2.05) is 0 Å². The van der Waals surface area contributed by atoms with Crippen molar-refractivity contribution < 1.29 is 13.6 Å². The van der Waals surface area contributed by atoms with Crippen LogP contribution in [0.2, 0.25) is 0 Å². The third kappa shape index (κ3) is 8.27. The van der Waals surface area contributed by atoms with Gasteiger partial charge in [0.05, 0.1) is 13.2 Å². The smallest absolute Gasteiger partial charge is 0.300 e. The fourth-order valence-electron chi connectivity index (χ4n) is 0.902. The second-order valence-corrected chi connectivity index (χ2v) is 5.58. The summed E-state index contributed by atoms with van der Waals surface area (Å²) >= 11 is 2.33. The van der Waals surface area contributed by atoms with Crippen molar-refractivity contribution in [2.24, 2.45) is 0 Å². The van der Waals surface area contributed by atoms with Gasteiger partial charge in [0.25, 0.3) is 0 Å². The van der Waals surface area contributed by atoms with Gasteiger partial charge < -0.3 is 0 Å². The molecule has 0 amide bonds. The second-order valence-electron chi connectivity index (χ2n) is 2.77. The molecule has 0 aliphatic carbocycles. The van der Waals surface area contributed by atoms with Crippen molar-refractivity contribution in [2.75, 3.05) is 17.6 Å². The highest BCUT2D eigenvalue weighted by atomic mass is 127. The van der Waals surface area contributed by atoms with Crippen LogP contribution in [0.4, 0.5) is 0 Å². The summed E-state index contributed by atoms with van der Waals surface area (Å²) in [5.41, 5.74) is 2.62. The molecule has 0 rings (SSSR count). The Bertz CT molecular complexity index is 247. The molecule has 3 nitrogen and oxygen atoms in total. The lowest BCUT2D eigenvalue weighted by Crippen LogP contribution is -1.93. The molecule has 0 radical (unpaired) electrons. The zero-order chi connectivity index (χ0) is 11.6. The summed E-state index contributed by atoms with van der Waals surface area (Å²) in [6.45, 7) is 4.28. The van der Waals surface area contributed by atoms with Gasteiger partial charge in [-0.05, 0) is 31.1 Å². The van der Waals surface area contributed by atoms with Gasteiger partial charge in [0, 0.05) is 12.1 Å². The Morgan fingerprint density at radius 1 is 1.20 bits per heavy atom. The quantitative estimate of drug-likeness (QED) is 0.232. The predicted molar refractivity (Wildman–Crippen MR) is 71.4 cm³/mol. The van der Waals surface area contributed by atoms with Crippen LogP contribution in [0.5, 0.6) is 0 Å². The Hall–Kier alpha value is 0.440. The topological polar surface area (TPSA) is 35.5 Å². The maximum absolute atomic E-state index is 11.8. The largest absolute Gasteiger partial charge is 0.405 e. The average Bonchev–Trinajstić information content (AvgIpc) is 2.18. The van der Waals surface area contributed by atoms with Gasteiger partial charge in [-0.1, -0.05) is 28.5 Å².